The van der Waals surface area contributed by atoms with Gasteiger partial charge in [0, 0.05) is 31.5 Å². The third kappa shape index (κ3) is 4.42. The number of H-pyrrole nitrogens is 1. The van der Waals surface area contributed by atoms with Gasteiger partial charge < -0.3 is 10.2 Å². The number of halogens is 3. The summed E-state index contributed by atoms with van der Waals surface area (Å²) in [5.74, 6) is -0.339. The van der Waals surface area contributed by atoms with Gasteiger partial charge in [-0.25, -0.2) is 4.98 Å². The summed E-state index contributed by atoms with van der Waals surface area (Å²) in [6.45, 7) is 2.66. The molecular weight excluding hydrogens is 411 g/mol. The summed E-state index contributed by atoms with van der Waals surface area (Å²) < 4.78 is 38.2. The molecule has 0 radical (unpaired) electrons. The van der Waals surface area contributed by atoms with Crippen LogP contribution in [0.15, 0.2) is 53.6 Å². The number of rotatable bonds is 4. The maximum Gasteiger partial charge on any atom is 0.416 e. The van der Waals surface area contributed by atoms with Gasteiger partial charge in [0.2, 0.25) is 5.95 Å². The standard InChI is InChI=1S/C21H18F3N5O2/c1-12(13-2-4-16(5-3-13)21(22,23)24)26-19(31)17-8-18(30)28-20(27-17)29-10-14-6-7-25-9-15(14)11-29/h2-9,12H,10-11H2,1H3,(H,26,31)(H,27,28,30). The van der Waals surface area contributed by atoms with Crippen molar-refractivity contribution in [3.63, 3.8) is 0 Å². The van der Waals surface area contributed by atoms with E-state index in [2.05, 4.69) is 20.3 Å². The minimum atomic E-state index is -4.43. The maximum atomic E-state index is 12.7. The van der Waals surface area contributed by atoms with Crippen molar-refractivity contribution in [3.8, 4) is 0 Å². The van der Waals surface area contributed by atoms with Gasteiger partial charge in [-0.15, -0.1) is 0 Å². The number of aromatic amines is 1. The first kappa shape index (κ1) is 20.6. The Kier molecular flexibility index (Phi) is 5.22. The van der Waals surface area contributed by atoms with Crippen molar-refractivity contribution >= 4 is 11.9 Å². The maximum absolute atomic E-state index is 12.7. The Hall–Kier alpha value is -3.69. The molecule has 1 aromatic carbocycles. The molecule has 160 valence electrons. The molecule has 0 spiro atoms. The third-order valence-electron chi connectivity index (χ3n) is 5.07. The van der Waals surface area contributed by atoms with Crippen LogP contribution in [0.25, 0.3) is 0 Å². The number of hydrogen-bond acceptors (Lipinski definition) is 5. The van der Waals surface area contributed by atoms with E-state index in [-0.39, 0.29) is 11.6 Å². The number of carbonyl (C=O) groups excluding carboxylic acids is 1. The van der Waals surface area contributed by atoms with Crippen LogP contribution in [-0.4, -0.2) is 20.9 Å². The van der Waals surface area contributed by atoms with Crippen molar-refractivity contribution in [2.75, 3.05) is 4.90 Å². The number of alkyl halides is 3. The van der Waals surface area contributed by atoms with Crippen molar-refractivity contribution in [2.24, 2.45) is 0 Å². The Morgan fingerprint density at radius 3 is 2.55 bits per heavy atom. The molecule has 1 unspecified atom stereocenters. The smallest absolute Gasteiger partial charge is 0.344 e. The highest BCUT2D eigenvalue weighted by atomic mass is 19.4. The SMILES string of the molecule is CC(NC(=O)c1cc(=O)[nH]c(N2Cc3ccncc3C2)n1)c1ccc(C(F)(F)F)cc1. The molecule has 0 saturated heterocycles. The normalized spacial score (nSPS) is 14.3. The van der Waals surface area contributed by atoms with E-state index in [4.69, 9.17) is 0 Å². The molecule has 4 rings (SSSR count). The minimum Gasteiger partial charge on any atom is -0.344 e. The number of benzene rings is 1. The van der Waals surface area contributed by atoms with Crippen LogP contribution in [0.1, 0.15) is 45.7 Å². The first-order valence-electron chi connectivity index (χ1n) is 9.47. The van der Waals surface area contributed by atoms with Gasteiger partial charge in [-0.1, -0.05) is 12.1 Å². The lowest BCUT2D eigenvalue weighted by molar-refractivity contribution is -0.137. The fourth-order valence-corrected chi connectivity index (χ4v) is 3.40. The average molecular weight is 429 g/mol. The summed E-state index contributed by atoms with van der Waals surface area (Å²) in [5.41, 5.74) is 1.24. The molecule has 7 nitrogen and oxygen atoms in total. The lowest BCUT2D eigenvalue weighted by Gasteiger charge is -2.18. The molecule has 31 heavy (non-hydrogen) atoms. The van der Waals surface area contributed by atoms with Crippen LogP contribution < -0.4 is 15.8 Å². The Labute approximate surface area is 175 Å². The second-order valence-electron chi connectivity index (χ2n) is 7.27. The zero-order valence-electron chi connectivity index (χ0n) is 16.4. The number of carbonyl (C=O) groups is 1. The Morgan fingerprint density at radius 2 is 1.87 bits per heavy atom. The number of nitrogens with one attached hydrogen (secondary N) is 2. The molecule has 2 aromatic heterocycles. The molecule has 2 N–H and O–H groups in total. The van der Waals surface area contributed by atoms with Gasteiger partial charge >= 0.3 is 6.18 Å². The van der Waals surface area contributed by atoms with Crippen molar-refractivity contribution in [1.29, 1.82) is 0 Å². The van der Waals surface area contributed by atoms with E-state index in [1.54, 1.807) is 19.3 Å². The fourth-order valence-electron chi connectivity index (χ4n) is 3.40. The lowest BCUT2D eigenvalue weighted by atomic mass is 10.1. The first-order valence-corrected chi connectivity index (χ1v) is 9.47. The Balaban J connectivity index is 1.49. The average Bonchev–Trinajstić information content (AvgIpc) is 3.17. The van der Waals surface area contributed by atoms with Gasteiger partial charge in [0.05, 0.1) is 11.6 Å². The van der Waals surface area contributed by atoms with E-state index in [9.17, 15) is 22.8 Å². The van der Waals surface area contributed by atoms with E-state index in [1.807, 2.05) is 11.0 Å². The van der Waals surface area contributed by atoms with Crippen LogP contribution in [0.5, 0.6) is 0 Å². The zero-order chi connectivity index (χ0) is 22.2. The molecule has 0 saturated carbocycles. The van der Waals surface area contributed by atoms with Crippen molar-refractivity contribution in [1.82, 2.24) is 20.3 Å². The summed E-state index contributed by atoms with van der Waals surface area (Å²) in [5, 5.41) is 2.67. The molecule has 3 heterocycles. The van der Waals surface area contributed by atoms with Gasteiger partial charge in [0.15, 0.2) is 0 Å². The third-order valence-corrected chi connectivity index (χ3v) is 5.07. The molecule has 1 aliphatic rings. The van der Waals surface area contributed by atoms with Crippen molar-refractivity contribution < 1.29 is 18.0 Å². The molecule has 3 aromatic rings. The van der Waals surface area contributed by atoms with Gasteiger partial charge in [-0.3, -0.25) is 19.6 Å². The second-order valence-corrected chi connectivity index (χ2v) is 7.27. The molecule has 0 bridgehead atoms. The molecule has 10 heteroatoms. The number of pyridine rings is 1. The zero-order valence-corrected chi connectivity index (χ0v) is 16.4. The summed E-state index contributed by atoms with van der Waals surface area (Å²) in [6, 6.07) is 6.92. The lowest BCUT2D eigenvalue weighted by Crippen LogP contribution is -2.30. The van der Waals surface area contributed by atoms with E-state index in [0.29, 0.717) is 18.7 Å². The van der Waals surface area contributed by atoms with Crippen molar-refractivity contribution in [2.45, 2.75) is 32.2 Å². The Morgan fingerprint density at radius 1 is 1.16 bits per heavy atom. The highest BCUT2D eigenvalue weighted by molar-refractivity contribution is 5.92. The van der Waals surface area contributed by atoms with Gasteiger partial charge in [0.25, 0.3) is 11.5 Å². The predicted octanol–water partition coefficient (Wildman–Crippen LogP) is 3.19. The predicted molar refractivity (Wildman–Crippen MR) is 106 cm³/mol. The molecule has 1 aliphatic heterocycles. The fraction of sp³-hybridized carbons (Fsp3) is 0.238. The van der Waals surface area contributed by atoms with Crippen LogP contribution in [0.2, 0.25) is 0 Å². The molecular formula is C21H18F3N5O2. The number of nitrogens with zero attached hydrogens (tertiary/aromatic N) is 3. The number of hydrogen-bond donors (Lipinski definition) is 2. The topological polar surface area (TPSA) is 91.0 Å². The first-order chi connectivity index (χ1) is 14.7. The summed E-state index contributed by atoms with van der Waals surface area (Å²) >= 11 is 0. The molecule has 0 aliphatic carbocycles. The number of fused-ring (bicyclic) bond motifs is 1. The van der Waals surface area contributed by atoms with Crippen LogP contribution in [0.4, 0.5) is 19.1 Å². The van der Waals surface area contributed by atoms with Gasteiger partial charge in [0.1, 0.15) is 5.69 Å². The van der Waals surface area contributed by atoms with Gasteiger partial charge in [-0.05, 0) is 41.8 Å². The van der Waals surface area contributed by atoms with Gasteiger partial charge in [-0.2, -0.15) is 13.2 Å². The molecule has 0 fully saturated rings. The Bertz CT molecular complexity index is 1150. The number of anilines is 1. The quantitative estimate of drug-likeness (QED) is 0.665. The van der Waals surface area contributed by atoms with Crippen LogP contribution >= 0.6 is 0 Å². The summed E-state index contributed by atoms with van der Waals surface area (Å²) in [7, 11) is 0. The highest BCUT2D eigenvalue weighted by Crippen LogP contribution is 2.30. The monoisotopic (exact) mass is 429 g/mol. The van der Waals surface area contributed by atoms with E-state index in [1.165, 1.54) is 12.1 Å². The number of amides is 1. The highest BCUT2D eigenvalue weighted by Gasteiger charge is 2.30. The van der Waals surface area contributed by atoms with E-state index >= 15 is 0 Å². The van der Waals surface area contributed by atoms with E-state index in [0.717, 1.165) is 29.3 Å². The van der Waals surface area contributed by atoms with Crippen molar-refractivity contribution in [3.05, 3.63) is 87.1 Å². The number of aromatic nitrogens is 3. The second kappa shape index (κ2) is 7.86. The largest absolute Gasteiger partial charge is 0.416 e. The minimum absolute atomic E-state index is 0.0772. The van der Waals surface area contributed by atoms with Crippen LogP contribution in [-0.2, 0) is 19.3 Å². The van der Waals surface area contributed by atoms with Crippen LogP contribution in [0, 0.1) is 0 Å². The molecule has 1 amide bonds. The van der Waals surface area contributed by atoms with Crippen LogP contribution in [0.3, 0.4) is 0 Å². The molecule has 1 atom stereocenters. The summed E-state index contributed by atoms with van der Waals surface area (Å²) in [4.78, 5) is 37.6. The summed E-state index contributed by atoms with van der Waals surface area (Å²) in [6.07, 6.45) is -0.998. The van der Waals surface area contributed by atoms with E-state index < -0.39 is 29.2 Å².